The van der Waals surface area contributed by atoms with E-state index < -0.39 is 0 Å². The van der Waals surface area contributed by atoms with Gasteiger partial charge in [0.25, 0.3) is 0 Å². The first-order valence-electron chi connectivity index (χ1n) is 7.32. The van der Waals surface area contributed by atoms with E-state index in [0.717, 1.165) is 24.2 Å². The van der Waals surface area contributed by atoms with Gasteiger partial charge < -0.3 is 15.8 Å². The lowest BCUT2D eigenvalue weighted by molar-refractivity contribution is -0.121. The van der Waals surface area contributed by atoms with Crippen LogP contribution in [0.3, 0.4) is 0 Å². The van der Waals surface area contributed by atoms with Gasteiger partial charge in [-0.25, -0.2) is 0 Å². The number of amides is 1. The highest BCUT2D eigenvalue weighted by Gasteiger charge is 2.08. The summed E-state index contributed by atoms with van der Waals surface area (Å²) in [5, 5.41) is 2.94. The van der Waals surface area contributed by atoms with Crippen molar-refractivity contribution in [3.63, 3.8) is 0 Å². The number of benzene rings is 1. The monoisotopic (exact) mass is 278 g/mol. The highest BCUT2D eigenvalue weighted by atomic mass is 16.5. The number of rotatable bonds is 9. The largest absolute Gasteiger partial charge is 0.493 e. The zero-order chi connectivity index (χ0) is 14.8. The van der Waals surface area contributed by atoms with Gasteiger partial charge in [0.15, 0.2) is 0 Å². The highest BCUT2D eigenvalue weighted by Crippen LogP contribution is 2.12. The third-order valence-corrected chi connectivity index (χ3v) is 3.33. The van der Waals surface area contributed by atoms with Crippen LogP contribution in [0, 0.1) is 12.8 Å². The molecule has 1 unspecified atom stereocenters. The molecule has 1 amide bonds. The summed E-state index contributed by atoms with van der Waals surface area (Å²) in [5.41, 5.74) is 6.69. The van der Waals surface area contributed by atoms with Crippen LogP contribution in [0.2, 0.25) is 0 Å². The van der Waals surface area contributed by atoms with E-state index in [9.17, 15) is 4.79 Å². The lowest BCUT2D eigenvalue weighted by Crippen LogP contribution is -2.30. The maximum absolute atomic E-state index is 11.7. The number of carbonyl (C=O) groups excluding carboxylic acids is 1. The molecule has 0 aromatic heterocycles. The summed E-state index contributed by atoms with van der Waals surface area (Å²) >= 11 is 0. The molecule has 1 aromatic carbocycles. The molecule has 1 atom stereocenters. The number of nitrogens with one attached hydrogen (secondary N) is 1. The fraction of sp³-hybridized carbons (Fsp3) is 0.562. The van der Waals surface area contributed by atoms with Gasteiger partial charge in [0.2, 0.25) is 5.91 Å². The van der Waals surface area contributed by atoms with Crippen LogP contribution in [0.5, 0.6) is 5.75 Å². The molecule has 112 valence electrons. The van der Waals surface area contributed by atoms with E-state index in [-0.39, 0.29) is 5.91 Å². The second-order valence-electron chi connectivity index (χ2n) is 5.07. The lowest BCUT2D eigenvalue weighted by Gasteiger charge is -2.14. The summed E-state index contributed by atoms with van der Waals surface area (Å²) in [4.78, 5) is 11.7. The Morgan fingerprint density at radius 3 is 2.90 bits per heavy atom. The number of nitrogens with two attached hydrogens (primary N) is 1. The number of hydrogen-bond donors (Lipinski definition) is 2. The average molecular weight is 278 g/mol. The molecule has 20 heavy (non-hydrogen) atoms. The summed E-state index contributed by atoms with van der Waals surface area (Å²) in [6.45, 7) is 5.92. The van der Waals surface area contributed by atoms with E-state index in [2.05, 4.69) is 12.2 Å². The van der Waals surface area contributed by atoms with Gasteiger partial charge in [-0.1, -0.05) is 25.5 Å². The van der Waals surface area contributed by atoms with Crippen LogP contribution < -0.4 is 15.8 Å². The second kappa shape index (κ2) is 9.37. The molecular weight excluding hydrogens is 252 g/mol. The maximum atomic E-state index is 11.7. The van der Waals surface area contributed by atoms with Gasteiger partial charge in [-0.05, 0) is 43.5 Å². The molecule has 0 spiro atoms. The third kappa shape index (κ3) is 6.57. The number of aryl methyl sites for hydroxylation is 1. The Morgan fingerprint density at radius 2 is 2.25 bits per heavy atom. The van der Waals surface area contributed by atoms with Crippen molar-refractivity contribution in [3.05, 3.63) is 29.8 Å². The third-order valence-electron chi connectivity index (χ3n) is 3.33. The van der Waals surface area contributed by atoms with Crippen molar-refractivity contribution < 1.29 is 9.53 Å². The summed E-state index contributed by atoms with van der Waals surface area (Å²) in [5.74, 6) is 1.32. The zero-order valence-electron chi connectivity index (χ0n) is 12.5. The lowest BCUT2D eigenvalue weighted by atomic mass is 10.0. The molecule has 4 heteroatoms. The molecule has 0 fully saturated rings. The van der Waals surface area contributed by atoms with E-state index in [1.807, 2.05) is 31.2 Å². The average Bonchev–Trinajstić information content (AvgIpc) is 2.43. The molecule has 0 aliphatic rings. The Kier molecular flexibility index (Phi) is 7.73. The Morgan fingerprint density at radius 1 is 1.45 bits per heavy atom. The van der Waals surface area contributed by atoms with Gasteiger partial charge in [-0.3, -0.25) is 4.79 Å². The van der Waals surface area contributed by atoms with Gasteiger partial charge in [-0.2, -0.15) is 0 Å². The number of carbonyl (C=O) groups is 1. The van der Waals surface area contributed by atoms with Gasteiger partial charge in [0, 0.05) is 6.54 Å². The Labute approximate surface area is 121 Å². The van der Waals surface area contributed by atoms with E-state index >= 15 is 0 Å². The number of ether oxygens (including phenoxy) is 1. The second-order valence-corrected chi connectivity index (χ2v) is 5.07. The summed E-state index contributed by atoms with van der Waals surface area (Å²) < 4.78 is 5.56. The van der Waals surface area contributed by atoms with Crippen molar-refractivity contribution in [2.75, 3.05) is 19.7 Å². The predicted octanol–water partition coefficient (Wildman–Crippen LogP) is 2.26. The van der Waals surface area contributed by atoms with E-state index in [0.29, 0.717) is 32.0 Å². The minimum absolute atomic E-state index is 0.0353. The Bertz CT molecular complexity index is 407. The van der Waals surface area contributed by atoms with Gasteiger partial charge in [-0.15, -0.1) is 0 Å². The molecule has 0 radical (unpaired) electrons. The van der Waals surface area contributed by atoms with Crippen LogP contribution in [0.15, 0.2) is 24.3 Å². The molecule has 1 rings (SSSR count). The van der Waals surface area contributed by atoms with E-state index in [4.69, 9.17) is 10.5 Å². The maximum Gasteiger partial charge on any atom is 0.223 e. The highest BCUT2D eigenvalue weighted by molar-refractivity contribution is 5.75. The SMILES string of the molecule is CCC(CCN)CNC(=O)CCOc1cccc(C)c1. The van der Waals surface area contributed by atoms with Crippen molar-refractivity contribution in [1.82, 2.24) is 5.32 Å². The minimum atomic E-state index is 0.0353. The molecule has 0 saturated carbocycles. The van der Waals surface area contributed by atoms with Crippen LogP contribution in [-0.4, -0.2) is 25.6 Å². The van der Waals surface area contributed by atoms with Gasteiger partial charge in [0.05, 0.1) is 13.0 Å². The smallest absolute Gasteiger partial charge is 0.223 e. The molecule has 0 heterocycles. The summed E-state index contributed by atoms with van der Waals surface area (Å²) in [6, 6.07) is 7.83. The first-order chi connectivity index (χ1) is 9.65. The van der Waals surface area contributed by atoms with E-state index in [1.165, 1.54) is 0 Å². The molecule has 0 aliphatic carbocycles. The van der Waals surface area contributed by atoms with Crippen molar-refractivity contribution in [2.45, 2.75) is 33.1 Å². The molecule has 0 aliphatic heterocycles. The van der Waals surface area contributed by atoms with E-state index in [1.54, 1.807) is 0 Å². The summed E-state index contributed by atoms with van der Waals surface area (Å²) in [7, 11) is 0. The van der Waals surface area contributed by atoms with Crippen LogP contribution in [-0.2, 0) is 4.79 Å². The van der Waals surface area contributed by atoms with Crippen LogP contribution >= 0.6 is 0 Å². The molecule has 3 N–H and O–H groups in total. The molecular formula is C16H26N2O2. The fourth-order valence-corrected chi connectivity index (χ4v) is 2.00. The predicted molar refractivity (Wildman–Crippen MR) is 81.8 cm³/mol. The Balaban J connectivity index is 2.20. The molecule has 1 aromatic rings. The zero-order valence-corrected chi connectivity index (χ0v) is 12.5. The molecule has 0 saturated heterocycles. The van der Waals surface area contributed by atoms with Crippen LogP contribution in [0.4, 0.5) is 0 Å². The number of hydrogen-bond acceptors (Lipinski definition) is 3. The van der Waals surface area contributed by atoms with Crippen LogP contribution in [0.25, 0.3) is 0 Å². The van der Waals surface area contributed by atoms with Gasteiger partial charge in [0.1, 0.15) is 5.75 Å². The molecule has 4 nitrogen and oxygen atoms in total. The summed E-state index contributed by atoms with van der Waals surface area (Å²) in [6.07, 6.45) is 2.38. The standard InChI is InChI=1S/C16H26N2O2/c1-3-14(7-9-17)12-18-16(19)8-10-20-15-6-4-5-13(2)11-15/h4-6,11,14H,3,7-10,12,17H2,1-2H3,(H,18,19). The first kappa shape index (κ1) is 16.5. The minimum Gasteiger partial charge on any atom is -0.493 e. The van der Waals surface area contributed by atoms with Crippen molar-refractivity contribution in [2.24, 2.45) is 11.7 Å². The van der Waals surface area contributed by atoms with Crippen molar-refractivity contribution in [1.29, 1.82) is 0 Å². The van der Waals surface area contributed by atoms with Crippen LogP contribution in [0.1, 0.15) is 31.7 Å². The Hall–Kier alpha value is -1.55. The fourth-order valence-electron chi connectivity index (χ4n) is 2.00. The first-order valence-corrected chi connectivity index (χ1v) is 7.32. The molecule has 0 bridgehead atoms. The van der Waals surface area contributed by atoms with Crippen molar-refractivity contribution in [3.8, 4) is 5.75 Å². The normalized spacial score (nSPS) is 11.9. The quantitative estimate of drug-likeness (QED) is 0.728. The topological polar surface area (TPSA) is 64.3 Å². The van der Waals surface area contributed by atoms with Crippen molar-refractivity contribution >= 4 is 5.91 Å². The van der Waals surface area contributed by atoms with Gasteiger partial charge >= 0.3 is 0 Å².